The van der Waals surface area contributed by atoms with E-state index in [2.05, 4.69) is 6.92 Å². The second kappa shape index (κ2) is 9.15. The van der Waals surface area contributed by atoms with Gasteiger partial charge in [-0.3, -0.25) is 0 Å². The molecule has 1 rings (SSSR count). The predicted octanol–water partition coefficient (Wildman–Crippen LogP) is 0.490. The van der Waals surface area contributed by atoms with Gasteiger partial charge in [-0.25, -0.2) is 0 Å². The van der Waals surface area contributed by atoms with E-state index in [1.54, 1.807) is 0 Å². The van der Waals surface area contributed by atoms with Gasteiger partial charge in [0.2, 0.25) is 0 Å². The van der Waals surface area contributed by atoms with E-state index < -0.39 is 29.9 Å². The molecular formula is C13H26O5S. The van der Waals surface area contributed by atoms with Crippen LogP contribution in [0.3, 0.4) is 0 Å². The maximum absolute atomic E-state index is 9.82. The zero-order valence-corrected chi connectivity index (χ0v) is 12.3. The van der Waals surface area contributed by atoms with Crippen molar-refractivity contribution in [2.75, 3.05) is 12.4 Å². The molecule has 0 aliphatic carbocycles. The van der Waals surface area contributed by atoms with Crippen LogP contribution in [0.4, 0.5) is 0 Å². The average Bonchev–Trinajstić information content (AvgIpc) is 2.42. The first-order valence-electron chi connectivity index (χ1n) is 7.04. The van der Waals surface area contributed by atoms with E-state index in [0.29, 0.717) is 0 Å². The first-order chi connectivity index (χ1) is 9.11. The molecule has 1 saturated heterocycles. The first-order valence-corrected chi connectivity index (χ1v) is 8.08. The van der Waals surface area contributed by atoms with Crippen LogP contribution in [-0.2, 0) is 4.74 Å². The van der Waals surface area contributed by atoms with Crippen molar-refractivity contribution >= 4 is 11.8 Å². The normalized spacial score (nSPS) is 35.5. The van der Waals surface area contributed by atoms with E-state index >= 15 is 0 Å². The molecule has 5 nitrogen and oxygen atoms in total. The van der Waals surface area contributed by atoms with Gasteiger partial charge in [0.1, 0.15) is 29.9 Å². The number of hydrogen-bond donors (Lipinski definition) is 4. The summed E-state index contributed by atoms with van der Waals surface area (Å²) in [4.78, 5) is 0. The van der Waals surface area contributed by atoms with Gasteiger partial charge in [0, 0.05) is 0 Å². The summed E-state index contributed by atoms with van der Waals surface area (Å²) in [5, 5.41) is 38.2. The quantitative estimate of drug-likeness (QED) is 0.487. The van der Waals surface area contributed by atoms with Crippen LogP contribution in [0.2, 0.25) is 0 Å². The van der Waals surface area contributed by atoms with Crippen molar-refractivity contribution in [2.45, 2.75) is 68.9 Å². The maximum Gasteiger partial charge on any atom is 0.132 e. The number of hydrogen-bond acceptors (Lipinski definition) is 6. The zero-order chi connectivity index (χ0) is 14.3. The van der Waals surface area contributed by atoms with E-state index in [9.17, 15) is 15.3 Å². The summed E-state index contributed by atoms with van der Waals surface area (Å²) in [6.45, 7) is 1.81. The highest BCUT2D eigenvalue weighted by Gasteiger charge is 2.43. The molecule has 0 aromatic carbocycles. The highest BCUT2D eigenvalue weighted by Crippen LogP contribution is 2.29. The third-order valence-corrected chi connectivity index (χ3v) is 4.62. The Morgan fingerprint density at radius 3 is 2.26 bits per heavy atom. The van der Waals surface area contributed by atoms with Crippen LogP contribution >= 0.6 is 11.8 Å². The summed E-state index contributed by atoms with van der Waals surface area (Å²) in [6.07, 6.45) is 1.42. The first kappa shape index (κ1) is 17.2. The molecular weight excluding hydrogens is 268 g/mol. The fraction of sp³-hybridized carbons (Fsp3) is 1.00. The summed E-state index contributed by atoms with van der Waals surface area (Å²) < 4.78 is 5.41. The van der Waals surface area contributed by atoms with Crippen LogP contribution in [0.5, 0.6) is 0 Å². The van der Waals surface area contributed by atoms with Gasteiger partial charge in [0.05, 0.1) is 6.61 Å². The van der Waals surface area contributed by atoms with Crippen molar-refractivity contribution in [1.82, 2.24) is 0 Å². The van der Waals surface area contributed by atoms with E-state index in [0.717, 1.165) is 18.6 Å². The second-order valence-corrected chi connectivity index (χ2v) is 6.19. The Balaban J connectivity index is 2.28. The van der Waals surface area contributed by atoms with Gasteiger partial charge in [-0.2, -0.15) is 0 Å². The summed E-state index contributed by atoms with van der Waals surface area (Å²) in [6, 6.07) is 0. The van der Waals surface area contributed by atoms with E-state index in [1.807, 2.05) is 0 Å². The van der Waals surface area contributed by atoms with Crippen molar-refractivity contribution < 1.29 is 25.2 Å². The minimum atomic E-state index is -1.26. The monoisotopic (exact) mass is 294 g/mol. The van der Waals surface area contributed by atoms with Crippen molar-refractivity contribution in [2.24, 2.45) is 0 Å². The van der Waals surface area contributed by atoms with Gasteiger partial charge < -0.3 is 25.2 Å². The Morgan fingerprint density at radius 1 is 0.947 bits per heavy atom. The molecule has 0 aromatic rings. The van der Waals surface area contributed by atoms with Crippen LogP contribution in [0.1, 0.15) is 39.0 Å². The Hall–Kier alpha value is 0.150. The lowest BCUT2D eigenvalue weighted by molar-refractivity contribution is -0.205. The zero-order valence-electron chi connectivity index (χ0n) is 11.4. The standard InChI is InChI=1S/C13H26O5S/c1-2-3-4-5-6-7-19-13-12(17)11(16)10(15)9(8-14)18-13/h9-17H,2-8H2,1H3/t9-,10-,11-,12-,13+/m1/s1. The Labute approximate surface area is 119 Å². The summed E-state index contributed by atoms with van der Waals surface area (Å²) in [7, 11) is 0. The van der Waals surface area contributed by atoms with Gasteiger partial charge in [-0.05, 0) is 12.2 Å². The Kier molecular flexibility index (Phi) is 8.29. The van der Waals surface area contributed by atoms with Gasteiger partial charge in [-0.1, -0.05) is 32.6 Å². The topological polar surface area (TPSA) is 90.2 Å². The third kappa shape index (κ3) is 5.21. The van der Waals surface area contributed by atoms with Crippen LogP contribution in [0.15, 0.2) is 0 Å². The third-order valence-electron chi connectivity index (χ3n) is 3.38. The van der Waals surface area contributed by atoms with Crippen molar-refractivity contribution in [1.29, 1.82) is 0 Å². The minimum Gasteiger partial charge on any atom is -0.394 e. The average molecular weight is 294 g/mol. The lowest BCUT2D eigenvalue weighted by Crippen LogP contribution is -2.57. The molecule has 0 bridgehead atoms. The van der Waals surface area contributed by atoms with Crippen molar-refractivity contribution in [3.05, 3.63) is 0 Å². The predicted molar refractivity (Wildman–Crippen MR) is 75.0 cm³/mol. The Bertz CT molecular complexity index is 239. The number of ether oxygens (including phenoxy) is 1. The number of unbranched alkanes of at least 4 members (excludes halogenated alkanes) is 4. The molecule has 1 aliphatic heterocycles. The van der Waals surface area contributed by atoms with Crippen LogP contribution in [0.25, 0.3) is 0 Å². The van der Waals surface area contributed by atoms with Gasteiger partial charge in [0.25, 0.3) is 0 Å². The Morgan fingerprint density at radius 2 is 1.63 bits per heavy atom. The molecule has 1 fully saturated rings. The highest BCUT2D eigenvalue weighted by molar-refractivity contribution is 7.99. The molecule has 19 heavy (non-hydrogen) atoms. The van der Waals surface area contributed by atoms with Crippen LogP contribution < -0.4 is 0 Å². The summed E-state index contributed by atoms with van der Waals surface area (Å²) >= 11 is 1.43. The second-order valence-electron chi connectivity index (χ2n) is 4.98. The smallest absolute Gasteiger partial charge is 0.132 e. The van der Waals surface area contributed by atoms with Crippen LogP contribution in [0, 0.1) is 0 Å². The SMILES string of the molecule is CCCCCCCS[C@@H]1O[C@H](CO)[C@@H](O)[C@@H](O)[C@H]1O. The van der Waals surface area contributed by atoms with Crippen LogP contribution in [-0.4, -0.2) is 62.6 Å². The maximum atomic E-state index is 9.82. The molecule has 5 atom stereocenters. The molecule has 1 aliphatic rings. The molecule has 4 N–H and O–H groups in total. The number of aliphatic hydroxyl groups excluding tert-OH is 4. The molecule has 0 aromatic heterocycles. The van der Waals surface area contributed by atoms with Crippen molar-refractivity contribution in [3.8, 4) is 0 Å². The molecule has 0 unspecified atom stereocenters. The summed E-state index contributed by atoms with van der Waals surface area (Å²) in [5.41, 5.74) is -0.582. The molecule has 0 saturated carbocycles. The fourth-order valence-corrected chi connectivity index (χ4v) is 3.29. The molecule has 114 valence electrons. The van der Waals surface area contributed by atoms with E-state index in [4.69, 9.17) is 9.84 Å². The van der Waals surface area contributed by atoms with Crippen molar-refractivity contribution in [3.63, 3.8) is 0 Å². The van der Waals surface area contributed by atoms with Gasteiger partial charge in [-0.15, -0.1) is 11.8 Å². The lowest BCUT2D eigenvalue weighted by Gasteiger charge is -2.39. The number of rotatable bonds is 8. The number of thioether (sulfide) groups is 1. The minimum absolute atomic E-state index is 0.363. The lowest BCUT2D eigenvalue weighted by atomic mass is 10.0. The van der Waals surface area contributed by atoms with E-state index in [-0.39, 0.29) is 6.61 Å². The molecule has 1 heterocycles. The van der Waals surface area contributed by atoms with E-state index in [1.165, 1.54) is 31.0 Å². The highest BCUT2D eigenvalue weighted by atomic mass is 32.2. The van der Waals surface area contributed by atoms with Gasteiger partial charge >= 0.3 is 0 Å². The summed E-state index contributed by atoms with van der Waals surface area (Å²) in [5.74, 6) is 0.840. The largest absolute Gasteiger partial charge is 0.394 e. The molecule has 6 heteroatoms. The molecule has 0 radical (unpaired) electrons. The van der Waals surface area contributed by atoms with Gasteiger partial charge in [0.15, 0.2) is 0 Å². The number of aliphatic hydroxyl groups is 4. The molecule has 0 amide bonds. The molecule has 0 spiro atoms. The fourth-order valence-electron chi connectivity index (χ4n) is 2.11.